The maximum absolute atomic E-state index is 12.4. The number of fused-ring (bicyclic) bond motifs is 1. The van der Waals surface area contributed by atoms with Crippen molar-refractivity contribution in [3.63, 3.8) is 0 Å². The van der Waals surface area contributed by atoms with Crippen LogP contribution in [0, 0.1) is 6.92 Å². The largest absolute Gasteiger partial charge is 0.312 e. The van der Waals surface area contributed by atoms with E-state index >= 15 is 0 Å². The fourth-order valence-electron chi connectivity index (χ4n) is 2.43. The molecule has 0 unspecified atom stereocenters. The van der Waals surface area contributed by atoms with Crippen LogP contribution >= 0.6 is 11.3 Å². The van der Waals surface area contributed by atoms with Gasteiger partial charge < -0.3 is 4.57 Å². The van der Waals surface area contributed by atoms with Gasteiger partial charge in [0.25, 0.3) is 5.91 Å². The molecule has 3 rings (SSSR count). The van der Waals surface area contributed by atoms with Crippen molar-refractivity contribution in [2.24, 2.45) is 17.2 Å². The molecule has 136 valence electrons. The van der Waals surface area contributed by atoms with Crippen LogP contribution in [0.25, 0.3) is 10.2 Å². The lowest BCUT2D eigenvalue weighted by atomic mass is 10.3. The Morgan fingerprint density at radius 2 is 2.15 bits per heavy atom. The number of hydrogen-bond acceptors (Lipinski definition) is 5. The molecule has 26 heavy (non-hydrogen) atoms. The van der Waals surface area contributed by atoms with Crippen LogP contribution in [0.3, 0.4) is 0 Å². The Kier molecular flexibility index (Phi) is 4.65. The van der Waals surface area contributed by atoms with Crippen molar-refractivity contribution in [1.82, 2.24) is 14.3 Å². The molecule has 0 aliphatic heterocycles. The molecule has 1 aromatic carbocycles. The molecule has 2 aromatic heterocycles. The molecule has 8 nitrogen and oxygen atoms in total. The Hall–Kier alpha value is -2.56. The van der Waals surface area contributed by atoms with E-state index in [0.29, 0.717) is 16.0 Å². The second-order valence-electron chi connectivity index (χ2n) is 5.67. The first-order valence-corrected chi connectivity index (χ1v) is 9.94. The molecule has 0 aliphatic carbocycles. The van der Waals surface area contributed by atoms with Crippen molar-refractivity contribution in [2.45, 2.75) is 18.4 Å². The van der Waals surface area contributed by atoms with Crippen LogP contribution in [0.5, 0.6) is 0 Å². The third kappa shape index (κ3) is 3.39. The number of primary sulfonamides is 1. The molecule has 0 bridgehead atoms. The molecule has 0 radical (unpaired) electrons. The lowest BCUT2D eigenvalue weighted by Crippen LogP contribution is -2.16. The number of nitrogens with zero attached hydrogens (tertiary/aromatic N) is 4. The summed E-state index contributed by atoms with van der Waals surface area (Å²) < 4.78 is 27.2. The number of hydrogen-bond donors (Lipinski definition) is 1. The zero-order valence-corrected chi connectivity index (χ0v) is 15.8. The average molecular weight is 391 g/mol. The number of aromatic nitrogens is 3. The van der Waals surface area contributed by atoms with E-state index in [1.165, 1.54) is 23.5 Å². The zero-order chi connectivity index (χ0) is 19.1. The molecular formula is C16H17N5O3S2. The molecule has 0 saturated heterocycles. The van der Waals surface area contributed by atoms with E-state index in [4.69, 9.17) is 5.14 Å². The Bertz CT molecular complexity index is 1180. The first-order chi connectivity index (χ1) is 12.2. The number of carbonyl (C=O) groups is 1. The quantitative estimate of drug-likeness (QED) is 0.676. The third-order valence-electron chi connectivity index (χ3n) is 3.82. The Morgan fingerprint density at radius 3 is 2.73 bits per heavy atom. The van der Waals surface area contributed by atoms with Crippen LogP contribution in [0.4, 0.5) is 0 Å². The third-order valence-corrected chi connectivity index (χ3v) is 5.78. The number of nitrogens with two attached hydrogens (primary N) is 1. The van der Waals surface area contributed by atoms with Crippen LogP contribution in [-0.4, -0.2) is 28.7 Å². The van der Waals surface area contributed by atoms with Gasteiger partial charge in [-0.05, 0) is 31.2 Å². The highest BCUT2D eigenvalue weighted by molar-refractivity contribution is 7.89. The van der Waals surface area contributed by atoms with Gasteiger partial charge in [-0.2, -0.15) is 10.1 Å². The normalized spacial score (nSPS) is 12.7. The van der Waals surface area contributed by atoms with Gasteiger partial charge in [-0.1, -0.05) is 17.4 Å². The summed E-state index contributed by atoms with van der Waals surface area (Å²) in [5.74, 6) is -0.468. The lowest BCUT2D eigenvalue weighted by Gasteiger charge is -2.02. The maximum Gasteiger partial charge on any atom is 0.300 e. The van der Waals surface area contributed by atoms with Crippen molar-refractivity contribution in [2.75, 3.05) is 0 Å². The Morgan fingerprint density at radius 1 is 1.42 bits per heavy atom. The maximum atomic E-state index is 12.4. The predicted molar refractivity (Wildman–Crippen MR) is 99.2 cm³/mol. The van der Waals surface area contributed by atoms with Crippen LogP contribution in [-0.2, 0) is 23.6 Å². The van der Waals surface area contributed by atoms with E-state index in [1.54, 1.807) is 34.5 Å². The second-order valence-corrected chi connectivity index (χ2v) is 8.24. The van der Waals surface area contributed by atoms with Crippen LogP contribution in [0.2, 0.25) is 0 Å². The van der Waals surface area contributed by atoms with Gasteiger partial charge in [0.2, 0.25) is 10.0 Å². The van der Waals surface area contributed by atoms with Gasteiger partial charge in [0.05, 0.1) is 15.1 Å². The van der Waals surface area contributed by atoms with Gasteiger partial charge in [0, 0.05) is 19.3 Å². The predicted octanol–water partition coefficient (Wildman–Crippen LogP) is 1.32. The van der Waals surface area contributed by atoms with Crippen LogP contribution < -0.4 is 9.94 Å². The highest BCUT2D eigenvalue weighted by Crippen LogP contribution is 2.21. The SMILES string of the molecule is C=CCn1c(=NC(=O)c2cc(C)n(C)n2)sc2cc(S(N)(=O)=O)ccc21. The molecule has 2 N–H and O–H groups in total. The number of thiazole rings is 1. The van der Waals surface area contributed by atoms with Gasteiger partial charge >= 0.3 is 0 Å². The van der Waals surface area contributed by atoms with E-state index in [1.807, 2.05) is 6.92 Å². The van der Waals surface area contributed by atoms with Crippen LogP contribution in [0.15, 0.2) is 46.8 Å². The molecule has 0 aliphatic rings. The number of rotatable bonds is 4. The highest BCUT2D eigenvalue weighted by atomic mass is 32.2. The highest BCUT2D eigenvalue weighted by Gasteiger charge is 2.14. The minimum Gasteiger partial charge on any atom is -0.312 e. The van der Waals surface area contributed by atoms with Gasteiger partial charge in [-0.25, -0.2) is 13.6 Å². The smallest absolute Gasteiger partial charge is 0.300 e. The summed E-state index contributed by atoms with van der Waals surface area (Å²) in [5, 5.41) is 9.33. The summed E-state index contributed by atoms with van der Waals surface area (Å²) in [4.78, 5) is 17.1. The van der Waals surface area contributed by atoms with E-state index in [-0.39, 0.29) is 10.6 Å². The fraction of sp³-hybridized carbons (Fsp3) is 0.188. The van der Waals surface area contributed by atoms with Gasteiger partial charge in [-0.3, -0.25) is 9.48 Å². The Balaban J connectivity index is 2.19. The summed E-state index contributed by atoms with van der Waals surface area (Å²) in [6.07, 6.45) is 1.67. The van der Waals surface area contributed by atoms with Crippen molar-refractivity contribution in [3.8, 4) is 0 Å². The topological polar surface area (TPSA) is 112 Å². The molecule has 0 saturated carbocycles. The van der Waals surface area contributed by atoms with Crippen molar-refractivity contribution < 1.29 is 13.2 Å². The van der Waals surface area contributed by atoms with Crippen molar-refractivity contribution in [3.05, 3.63) is 53.1 Å². The molecule has 0 fully saturated rings. The molecule has 0 spiro atoms. The monoisotopic (exact) mass is 391 g/mol. The second kappa shape index (κ2) is 6.63. The van der Waals surface area contributed by atoms with Gasteiger partial charge in [-0.15, -0.1) is 6.58 Å². The zero-order valence-electron chi connectivity index (χ0n) is 14.2. The van der Waals surface area contributed by atoms with E-state index in [0.717, 1.165) is 11.2 Å². The first kappa shape index (κ1) is 18.2. The van der Waals surface area contributed by atoms with Crippen molar-refractivity contribution >= 4 is 37.5 Å². The number of aryl methyl sites for hydroxylation is 2. The number of allylic oxidation sites excluding steroid dienone is 1. The van der Waals surface area contributed by atoms with Gasteiger partial charge in [0.15, 0.2) is 10.5 Å². The van der Waals surface area contributed by atoms with E-state index in [2.05, 4.69) is 16.7 Å². The average Bonchev–Trinajstić information content (AvgIpc) is 3.07. The number of carbonyl (C=O) groups excluding carboxylic acids is 1. The van der Waals surface area contributed by atoms with Crippen molar-refractivity contribution in [1.29, 1.82) is 0 Å². The molecule has 10 heteroatoms. The molecular weight excluding hydrogens is 374 g/mol. The summed E-state index contributed by atoms with van der Waals surface area (Å²) >= 11 is 1.20. The van der Waals surface area contributed by atoms with Crippen LogP contribution in [0.1, 0.15) is 16.2 Å². The standard InChI is InChI=1S/C16H17N5O3S2/c1-4-7-21-13-6-5-11(26(17,23)24)9-14(13)25-16(21)18-15(22)12-8-10(2)20(3)19-12/h4-6,8-9H,1,7H2,2-3H3,(H2,17,23,24). The molecule has 3 aromatic rings. The summed E-state index contributed by atoms with van der Waals surface area (Å²) in [6.45, 7) is 5.98. The lowest BCUT2D eigenvalue weighted by molar-refractivity contribution is 0.0992. The molecule has 1 amide bonds. The number of amides is 1. The molecule has 0 atom stereocenters. The fourth-order valence-corrected chi connectivity index (χ4v) is 4.12. The van der Waals surface area contributed by atoms with E-state index < -0.39 is 15.9 Å². The summed E-state index contributed by atoms with van der Waals surface area (Å²) in [6, 6.07) is 6.21. The van der Waals surface area contributed by atoms with Gasteiger partial charge in [0.1, 0.15) is 0 Å². The first-order valence-electron chi connectivity index (χ1n) is 7.57. The minimum absolute atomic E-state index is 0.00947. The number of benzene rings is 1. The summed E-state index contributed by atoms with van der Waals surface area (Å²) in [5.41, 5.74) is 1.83. The van der Waals surface area contributed by atoms with E-state index in [9.17, 15) is 13.2 Å². The molecule has 2 heterocycles. The summed E-state index contributed by atoms with van der Waals surface area (Å²) in [7, 11) is -2.06. The number of sulfonamides is 1. The minimum atomic E-state index is -3.81. The Labute approximate surface area is 154 Å².